The maximum Gasteiger partial charge on any atom is 0.295 e. The monoisotopic (exact) mass is 410 g/mol. The Balaban J connectivity index is 1.87. The summed E-state index contributed by atoms with van der Waals surface area (Å²) in [5.74, 6) is -1.61. The van der Waals surface area contributed by atoms with Crippen molar-refractivity contribution in [2.45, 2.75) is 12.6 Å². The number of benzene rings is 1. The summed E-state index contributed by atoms with van der Waals surface area (Å²) in [5, 5.41) is 13.3. The second-order valence-corrected chi connectivity index (χ2v) is 7.77. The molecular weight excluding hydrogens is 396 g/mol. The summed E-state index contributed by atoms with van der Waals surface area (Å²) in [6.07, 6.45) is 3.22. The SMILES string of the molecule is O=C1C(=O)N(Cc2cccs2)C(c2cccnc2)/C1=C(/O)c1cccc(Cl)c1. The topological polar surface area (TPSA) is 70.5 Å². The van der Waals surface area contributed by atoms with Crippen molar-refractivity contribution < 1.29 is 14.7 Å². The van der Waals surface area contributed by atoms with E-state index in [2.05, 4.69) is 4.98 Å². The Morgan fingerprint density at radius 2 is 2.04 bits per heavy atom. The van der Waals surface area contributed by atoms with Crippen LogP contribution < -0.4 is 0 Å². The first-order chi connectivity index (χ1) is 13.6. The largest absolute Gasteiger partial charge is 0.507 e. The van der Waals surface area contributed by atoms with Crippen LogP contribution in [0.4, 0.5) is 0 Å². The minimum atomic E-state index is -0.727. The number of aliphatic hydroxyl groups excluding tert-OH is 1. The normalized spacial score (nSPS) is 18.6. The molecule has 0 bridgehead atoms. The third-order valence-electron chi connectivity index (χ3n) is 4.54. The zero-order valence-corrected chi connectivity index (χ0v) is 16.2. The Hall–Kier alpha value is -2.96. The van der Waals surface area contributed by atoms with Gasteiger partial charge >= 0.3 is 0 Å². The number of thiophene rings is 1. The molecule has 1 unspecified atom stereocenters. The molecule has 0 saturated carbocycles. The van der Waals surface area contributed by atoms with Crippen molar-refractivity contribution >= 4 is 40.4 Å². The van der Waals surface area contributed by atoms with Gasteiger partial charge in [0, 0.05) is 27.9 Å². The molecule has 1 atom stereocenters. The second kappa shape index (κ2) is 7.58. The number of likely N-dealkylation sites (tertiary alicyclic amines) is 1. The van der Waals surface area contributed by atoms with Crippen LogP contribution in [0.25, 0.3) is 5.76 Å². The van der Waals surface area contributed by atoms with Crippen LogP contribution in [-0.4, -0.2) is 26.7 Å². The van der Waals surface area contributed by atoms with Gasteiger partial charge in [-0.1, -0.05) is 35.9 Å². The third kappa shape index (κ3) is 3.32. The van der Waals surface area contributed by atoms with Gasteiger partial charge in [-0.05, 0) is 35.2 Å². The van der Waals surface area contributed by atoms with Crippen LogP contribution in [0.3, 0.4) is 0 Å². The van der Waals surface area contributed by atoms with Crippen LogP contribution in [0.5, 0.6) is 0 Å². The summed E-state index contributed by atoms with van der Waals surface area (Å²) in [7, 11) is 0. The van der Waals surface area contributed by atoms with Gasteiger partial charge in [0.1, 0.15) is 5.76 Å². The first-order valence-corrected chi connectivity index (χ1v) is 9.78. The molecule has 3 heterocycles. The number of pyridine rings is 1. The molecule has 1 fully saturated rings. The Labute approximate surface area is 170 Å². The maximum atomic E-state index is 12.9. The lowest BCUT2D eigenvalue weighted by atomic mass is 9.96. The van der Waals surface area contributed by atoms with E-state index in [0.717, 1.165) is 4.88 Å². The molecule has 140 valence electrons. The molecule has 0 aliphatic carbocycles. The van der Waals surface area contributed by atoms with Crippen molar-refractivity contribution in [3.8, 4) is 0 Å². The predicted octanol–water partition coefficient (Wildman–Crippen LogP) is 4.42. The lowest BCUT2D eigenvalue weighted by molar-refractivity contribution is -0.140. The number of amides is 1. The molecule has 2 aromatic heterocycles. The molecule has 3 aromatic rings. The van der Waals surface area contributed by atoms with E-state index >= 15 is 0 Å². The average molecular weight is 411 g/mol. The van der Waals surface area contributed by atoms with Gasteiger partial charge < -0.3 is 10.0 Å². The molecule has 1 aliphatic heterocycles. The van der Waals surface area contributed by atoms with Crippen molar-refractivity contribution in [2.24, 2.45) is 0 Å². The Bertz CT molecular complexity index is 1060. The van der Waals surface area contributed by atoms with Crippen molar-refractivity contribution in [1.82, 2.24) is 9.88 Å². The van der Waals surface area contributed by atoms with Crippen LogP contribution in [0.1, 0.15) is 22.0 Å². The molecule has 1 amide bonds. The number of rotatable bonds is 4. The fourth-order valence-corrected chi connectivity index (χ4v) is 4.18. The number of hydrogen-bond donors (Lipinski definition) is 1. The highest BCUT2D eigenvalue weighted by atomic mass is 35.5. The number of hydrogen-bond acceptors (Lipinski definition) is 5. The van der Waals surface area contributed by atoms with Crippen LogP contribution in [0.15, 0.2) is 71.9 Å². The number of aromatic nitrogens is 1. The Morgan fingerprint density at radius 3 is 2.71 bits per heavy atom. The summed E-state index contributed by atoms with van der Waals surface area (Å²) >= 11 is 7.53. The summed E-state index contributed by atoms with van der Waals surface area (Å²) < 4.78 is 0. The third-order valence-corrected chi connectivity index (χ3v) is 5.64. The zero-order valence-electron chi connectivity index (χ0n) is 14.6. The highest BCUT2D eigenvalue weighted by Gasteiger charge is 2.46. The number of Topliss-reactive ketones (excluding diaryl/α,β-unsaturated/α-hetero) is 1. The van der Waals surface area contributed by atoms with Crippen LogP contribution in [0.2, 0.25) is 5.02 Å². The first kappa shape index (κ1) is 18.4. The quantitative estimate of drug-likeness (QED) is 0.392. The van der Waals surface area contributed by atoms with E-state index in [1.165, 1.54) is 16.2 Å². The zero-order chi connectivity index (χ0) is 19.7. The molecule has 1 aromatic carbocycles. The minimum absolute atomic E-state index is 0.0387. The van der Waals surface area contributed by atoms with Gasteiger partial charge in [0.15, 0.2) is 0 Å². The number of carbonyl (C=O) groups excluding carboxylic acids is 2. The molecule has 1 N–H and O–H groups in total. The smallest absolute Gasteiger partial charge is 0.295 e. The van der Waals surface area contributed by atoms with Crippen LogP contribution in [0, 0.1) is 0 Å². The molecule has 0 radical (unpaired) electrons. The van der Waals surface area contributed by atoms with E-state index in [0.29, 0.717) is 16.1 Å². The second-order valence-electron chi connectivity index (χ2n) is 6.30. The van der Waals surface area contributed by atoms with E-state index < -0.39 is 17.7 Å². The fourth-order valence-electron chi connectivity index (χ4n) is 3.29. The summed E-state index contributed by atoms with van der Waals surface area (Å²) in [6.45, 7) is 0.272. The van der Waals surface area contributed by atoms with Crippen molar-refractivity contribution in [3.63, 3.8) is 0 Å². The Kier molecular flexibility index (Phi) is 4.98. The van der Waals surface area contributed by atoms with Gasteiger partial charge in [-0.2, -0.15) is 0 Å². The van der Waals surface area contributed by atoms with Gasteiger partial charge in [0.05, 0.1) is 18.2 Å². The van der Waals surface area contributed by atoms with E-state index in [9.17, 15) is 14.7 Å². The fraction of sp³-hybridized carbons (Fsp3) is 0.0952. The molecule has 28 heavy (non-hydrogen) atoms. The van der Waals surface area contributed by atoms with Gasteiger partial charge in [0.25, 0.3) is 11.7 Å². The summed E-state index contributed by atoms with van der Waals surface area (Å²) in [4.78, 5) is 32.2. The number of carbonyl (C=O) groups is 2. The number of ketones is 1. The van der Waals surface area contributed by atoms with Gasteiger partial charge in [-0.15, -0.1) is 11.3 Å². The molecule has 7 heteroatoms. The molecular formula is C21H15ClN2O3S. The van der Waals surface area contributed by atoms with E-state index in [4.69, 9.17) is 11.6 Å². The first-order valence-electron chi connectivity index (χ1n) is 8.53. The predicted molar refractivity (Wildman–Crippen MR) is 108 cm³/mol. The van der Waals surface area contributed by atoms with Crippen LogP contribution >= 0.6 is 22.9 Å². The number of halogens is 1. The molecule has 5 nitrogen and oxygen atoms in total. The number of nitrogens with zero attached hydrogens (tertiary/aromatic N) is 2. The molecule has 1 aliphatic rings. The van der Waals surface area contributed by atoms with Crippen molar-refractivity contribution in [1.29, 1.82) is 0 Å². The van der Waals surface area contributed by atoms with Crippen molar-refractivity contribution in [3.05, 3.63) is 92.9 Å². The molecule has 1 saturated heterocycles. The lowest BCUT2D eigenvalue weighted by Gasteiger charge is -2.24. The minimum Gasteiger partial charge on any atom is -0.507 e. The highest BCUT2D eigenvalue weighted by Crippen LogP contribution is 2.40. The standard InChI is InChI=1S/C21H15ClN2O3S/c22-15-6-1-4-13(10-15)19(25)17-18(14-5-2-8-23-11-14)24(21(27)20(17)26)12-16-7-3-9-28-16/h1-11,18,25H,12H2/b19-17-. The van der Waals surface area contributed by atoms with Gasteiger partial charge in [0.2, 0.25) is 0 Å². The maximum absolute atomic E-state index is 12.9. The molecule has 0 spiro atoms. The average Bonchev–Trinajstić information content (AvgIpc) is 3.30. The highest BCUT2D eigenvalue weighted by molar-refractivity contribution is 7.09. The molecule has 4 rings (SSSR count). The summed E-state index contributed by atoms with van der Waals surface area (Å²) in [5.41, 5.74) is 1.08. The van der Waals surface area contributed by atoms with Gasteiger partial charge in [-0.3, -0.25) is 14.6 Å². The van der Waals surface area contributed by atoms with Gasteiger partial charge in [-0.25, -0.2) is 0 Å². The van der Waals surface area contributed by atoms with E-state index in [-0.39, 0.29) is 17.9 Å². The van der Waals surface area contributed by atoms with Crippen LogP contribution in [-0.2, 0) is 16.1 Å². The summed E-state index contributed by atoms with van der Waals surface area (Å²) in [6, 6.07) is 13.1. The van der Waals surface area contributed by atoms with E-state index in [1.807, 2.05) is 17.5 Å². The van der Waals surface area contributed by atoms with Crippen molar-refractivity contribution in [2.75, 3.05) is 0 Å². The number of aliphatic hydroxyl groups is 1. The Morgan fingerprint density at radius 1 is 1.18 bits per heavy atom. The lowest BCUT2D eigenvalue weighted by Crippen LogP contribution is -2.28. The van der Waals surface area contributed by atoms with E-state index in [1.54, 1.807) is 48.8 Å².